The molecule has 0 saturated heterocycles. The summed E-state index contributed by atoms with van der Waals surface area (Å²) in [5.41, 5.74) is 2.61. The minimum atomic E-state index is 0.937. The maximum absolute atomic E-state index is 3.77. The molecule has 0 N–H and O–H groups in total. The molecule has 0 fully saturated rings. The highest BCUT2D eigenvalue weighted by atomic mass is 32.1. The lowest BCUT2D eigenvalue weighted by Gasteiger charge is -1.99. The predicted octanol–water partition coefficient (Wildman–Crippen LogP) is 5.30. The van der Waals surface area contributed by atoms with Crippen molar-refractivity contribution in [2.75, 3.05) is 0 Å². The lowest BCUT2D eigenvalue weighted by atomic mass is 10.1. The first-order valence-electron chi connectivity index (χ1n) is 6.05. The SMILES string of the molecule is C=CCc1ccc(-c2cc3ccccc3s2)cc1. The van der Waals surface area contributed by atoms with Gasteiger partial charge in [-0.05, 0) is 35.1 Å². The van der Waals surface area contributed by atoms with Gasteiger partial charge in [0, 0.05) is 9.58 Å². The molecule has 1 aromatic heterocycles. The van der Waals surface area contributed by atoms with Crippen LogP contribution in [0.25, 0.3) is 20.5 Å². The number of benzene rings is 2. The largest absolute Gasteiger partial charge is 0.135 e. The summed E-state index contributed by atoms with van der Waals surface area (Å²) in [4.78, 5) is 1.33. The van der Waals surface area contributed by atoms with Gasteiger partial charge in [0.1, 0.15) is 0 Å². The second kappa shape index (κ2) is 4.79. The fourth-order valence-corrected chi connectivity index (χ4v) is 3.16. The molecule has 88 valence electrons. The lowest BCUT2D eigenvalue weighted by Crippen LogP contribution is -1.79. The van der Waals surface area contributed by atoms with Crippen LogP contribution in [0.1, 0.15) is 5.56 Å². The van der Waals surface area contributed by atoms with Crippen LogP contribution < -0.4 is 0 Å². The van der Waals surface area contributed by atoms with Crippen LogP contribution in [-0.4, -0.2) is 0 Å². The Kier molecular flexibility index (Phi) is 2.99. The first kappa shape index (κ1) is 11.2. The molecule has 0 nitrogen and oxygen atoms in total. The van der Waals surface area contributed by atoms with Crippen molar-refractivity contribution in [3.05, 3.63) is 72.8 Å². The van der Waals surface area contributed by atoms with E-state index in [-0.39, 0.29) is 0 Å². The summed E-state index contributed by atoms with van der Waals surface area (Å²) in [5, 5.41) is 1.33. The van der Waals surface area contributed by atoms with Gasteiger partial charge in [-0.15, -0.1) is 17.9 Å². The number of allylic oxidation sites excluding steroid dienone is 1. The molecule has 0 atom stereocenters. The summed E-state index contributed by atoms with van der Waals surface area (Å²) in [6.45, 7) is 3.77. The maximum atomic E-state index is 3.77. The third-order valence-electron chi connectivity index (χ3n) is 3.04. The fraction of sp³-hybridized carbons (Fsp3) is 0.0588. The zero-order valence-corrected chi connectivity index (χ0v) is 10.9. The van der Waals surface area contributed by atoms with Crippen molar-refractivity contribution >= 4 is 21.4 Å². The molecule has 0 aliphatic rings. The third-order valence-corrected chi connectivity index (χ3v) is 4.21. The van der Waals surface area contributed by atoms with Gasteiger partial charge < -0.3 is 0 Å². The topological polar surface area (TPSA) is 0 Å². The number of rotatable bonds is 3. The fourth-order valence-electron chi connectivity index (χ4n) is 2.10. The molecular weight excluding hydrogens is 236 g/mol. The van der Waals surface area contributed by atoms with Gasteiger partial charge in [0.2, 0.25) is 0 Å². The molecule has 0 aliphatic carbocycles. The van der Waals surface area contributed by atoms with E-state index in [0.29, 0.717) is 0 Å². The van der Waals surface area contributed by atoms with E-state index in [1.54, 1.807) is 0 Å². The average Bonchev–Trinajstić information content (AvgIpc) is 2.84. The van der Waals surface area contributed by atoms with Crippen LogP contribution in [0.2, 0.25) is 0 Å². The Morgan fingerprint density at radius 3 is 2.50 bits per heavy atom. The molecule has 0 saturated carbocycles. The van der Waals surface area contributed by atoms with E-state index >= 15 is 0 Å². The molecule has 1 heterocycles. The van der Waals surface area contributed by atoms with Gasteiger partial charge in [-0.2, -0.15) is 0 Å². The smallest absolute Gasteiger partial charge is 0.0355 e. The Hall–Kier alpha value is -1.86. The average molecular weight is 250 g/mol. The van der Waals surface area contributed by atoms with Crippen LogP contribution in [0.5, 0.6) is 0 Å². The molecule has 0 bridgehead atoms. The number of hydrogen-bond donors (Lipinski definition) is 0. The van der Waals surface area contributed by atoms with Crippen LogP contribution in [0, 0.1) is 0 Å². The van der Waals surface area contributed by atoms with Gasteiger partial charge in [0.25, 0.3) is 0 Å². The second-order valence-corrected chi connectivity index (χ2v) is 5.42. The monoisotopic (exact) mass is 250 g/mol. The molecule has 3 aromatic rings. The van der Waals surface area contributed by atoms with E-state index in [1.165, 1.54) is 26.1 Å². The zero-order chi connectivity index (χ0) is 12.4. The predicted molar refractivity (Wildman–Crippen MR) is 81.2 cm³/mol. The van der Waals surface area contributed by atoms with Crippen molar-refractivity contribution in [3.63, 3.8) is 0 Å². The van der Waals surface area contributed by atoms with Crippen molar-refractivity contribution in [2.45, 2.75) is 6.42 Å². The quantitative estimate of drug-likeness (QED) is 0.553. The van der Waals surface area contributed by atoms with Gasteiger partial charge in [-0.1, -0.05) is 48.5 Å². The van der Waals surface area contributed by atoms with Crippen molar-refractivity contribution in [3.8, 4) is 10.4 Å². The normalized spacial score (nSPS) is 10.7. The van der Waals surface area contributed by atoms with Crippen molar-refractivity contribution in [2.24, 2.45) is 0 Å². The van der Waals surface area contributed by atoms with E-state index < -0.39 is 0 Å². The highest BCUT2D eigenvalue weighted by Crippen LogP contribution is 2.33. The number of fused-ring (bicyclic) bond motifs is 1. The van der Waals surface area contributed by atoms with Crippen LogP contribution >= 0.6 is 11.3 Å². The Bertz CT molecular complexity index is 641. The summed E-state index contributed by atoms with van der Waals surface area (Å²) < 4.78 is 1.35. The van der Waals surface area contributed by atoms with E-state index in [1.807, 2.05) is 17.4 Å². The Morgan fingerprint density at radius 2 is 1.78 bits per heavy atom. The Balaban J connectivity index is 2.00. The van der Waals surface area contributed by atoms with Crippen LogP contribution in [0.3, 0.4) is 0 Å². The summed E-state index contributed by atoms with van der Waals surface area (Å²) >= 11 is 1.85. The summed E-state index contributed by atoms with van der Waals surface area (Å²) in [5.74, 6) is 0. The maximum Gasteiger partial charge on any atom is 0.0355 e. The number of thiophene rings is 1. The van der Waals surface area contributed by atoms with Crippen LogP contribution in [0.15, 0.2) is 67.3 Å². The van der Waals surface area contributed by atoms with Gasteiger partial charge in [-0.25, -0.2) is 0 Å². The minimum absolute atomic E-state index is 0.937. The number of hydrogen-bond acceptors (Lipinski definition) is 1. The zero-order valence-electron chi connectivity index (χ0n) is 10.1. The Labute approximate surface area is 111 Å². The molecule has 1 heteroatoms. The van der Waals surface area contributed by atoms with Crippen LogP contribution in [0.4, 0.5) is 0 Å². The Morgan fingerprint density at radius 1 is 1.00 bits per heavy atom. The molecule has 0 amide bonds. The summed E-state index contributed by atoms with van der Waals surface area (Å²) in [6, 6.07) is 19.6. The van der Waals surface area contributed by atoms with Gasteiger partial charge in [0.15, 0.2) is 0 Å². The first-order chi connectivity index (χ1) is 8.86. The van der Waals surface area contributed by atoms with E-state index in [0.717, 1.165) is 6.42 Å². The summed E-state index contributed by atoms with van der Waals surface area (Å²) in [7, 11) is 0. The highest BCUT2D eigenvalue weighted by Gasteiger charge is 2.03. The van der Waals surface area contributed by atoms with Crippen molar-refractivity contribution < 1.29 is 0 Å². The van der Waals surface area contributed by atoms with E-state index in [9.17, 15) is 0 Å². The van der Waals surface area contributed by atoms with E-state index in [4.69, 9.17) is 0 Å². The first-order valence-corrected chi connectivity index (χ1v) is 6.87. The highest BCUT2D eigenvalue weighted by molar-refractivity contribution is 7.22. The van der Waals surface area contributed by atoms with Gasteiger partial charge in [-0.3, -0.25) is 0 Å². The lowest BCUT2D eigenvalue weighted by molar-refractivity contribution is 1.28. The molecule has 0 unspecified atom stereocenters. The molecule has 0 aliphatic heterocycles. The van der Waals surface area contributed by atoms with Gasteiger partial charge >= 0.3 is 0 Å². The van der Waals surface area contributed by atoms with Crippen LogP contribution in [-0.2, 0) is 6.42 Å². The van der Waals surface area contributed by atoms with Crippen molar-refractivity contribution in [1.29, 1.82) is 0 Å². The third kappa shape index (κ3) is 2.09. The molecule has 2 aromatic carbocycles. The molecule has 3 rings (SSSR count). The van der Waals surface area contributed by atoms with E-state index in [2.05, 4.69) is 61.2 Å². The molecular formula is C17H14S. The molecule has 18 heavy (non-hydrogen) atoms. The van der Waals surface area contributed by atoms with Crippen molar-refractivity contribution in [1.82, 2.24) is 0 Å². The molecule has 0 spiro atoms. The second-order valence-electron chi connectivity index (χ2n) is 4.34. The summed E-state index contributed by atoms with van der Waals surface area (Å²) in [6.07, 6.45) is 2.88. The van der Waals surface area contributed by atoms with Gasteiger partial charge in [0.05, 0.1) is 0 Å². The standard InChI is InChI=1S/C17H14S/c1-2-5-13-8-10-14(11-9-13)17-12-15-6-3-4-7-16(15)18-17/h2-4,6-12H,1,5H2. The molecule has 0 radical (unpaired) electrons. The minimum Gasteiger partial charge on any atom is -0.135 e.